The number of benzene rings is 10. The number of aromatic nitrogens is 1. The van der Waals surface area contributed by atoms with E-state index in [0.29, 0.717) is 0 Å². The highest BCUT2D eigenvalue weighted by atomic mass is 15.1. The molecule has 272 valence electrons. The maximum atomic E-state index is 2.49. The molecule has 0 bridgehead atoms. The molecule has 0 saturated carbocycles. The maximum absolute atomic E-state index is 2.49. The molecule has 0 fully saturated rings. The molecule has 0 aliphatic carbocycles. The fourth-order valence-corrected chi connectivity index (χ4v) is 9.08. The number of hydrogen-bond donors (Lipinski definition) is 0. The quantitative estimate of drug-likeness (QED) is 0.158. The molecule has 0 spiro atoms. The van der Waals surface area contributed by atoms with Crippen molar-refractivity contribution in [3.05, 3.63) is 231 Å². The van der Waals surface area contributed by atoms with Gasteiger partial charge in [0.2, 0.25) is 0 Å². The van der Waals surface area contributed by atoms with Crippen LogP contribution in [0.15, 0.2) is 231 Å². The minimum Gasteiger partial charge on any atom is -0.309 e. The first kappa shape index (κ1) is 33.6. The average Bonchev–Trinajstić information content (AvgIpc) is 3.66. The van der Waals surface area contributed by atoms with Crippen LogP contribution in [0, 0.1) is 0 Å². The van der Waals surface area contributed by atoms with Gasteiger partial charge < -0.3 is 9.47 Å². The van der Waals surface area contributed by atoms with Crippen molar-refractivity contribution in [2.45, 2.75) is 0 Å². The molecular formula is C56H38N2. The van der Waals surface area contributed by atoms with Gasteiger partial charge >= 0.3 is 0 Å². The second kappa shape index (κ2) is 14.1. The largest absolute Gasteiger partial charge is 0.309 e. The van der Waals surface area contributed by atoms with E-state index in [1.807, 2.05) is 0 Å². The van der Waals surface area contributed by atoms with E-state index in [4.69, 9.17) is 0 Å². The molecule has 2 nitrogen and oxygen atoms in total. The second-order valence-corrected chi connectivity index (χ2v) is 14.8. The number of para-hydroxylation sites is 2. The fraction of sp³-hybridized carbons (Fsp3) is 0. The van der Waals surface area contributed by atoms with Crippen LogP contribution in [0.3, 0.4) is 0 Å². The van der Waals surface area contributed by atoms with E-state index in [1.165, 1.54) is 76.7 Å². The summed E-state index contributed by atoms with van der Waals surface area (Å²) in [6.45, 7) is 0. The van der Waals surface area contributed by atoms with Gasteiger partial charge in [-0.05, 0) is 74.8 Å². The van der Waals surface area contributed by atoms with Crippen molar-refractivity contribution in [3.63, 3.8) is 0 Å². The van der Waals surface area contributed by atoms with Gasteiger partial charge in [-0.15, -0.1) is 0 Å². The van der Waals surface area contributed by atoms with Crippen molar-refractivity contribution in [1.82, 2.24) is 4.57 Å². The highest BCUT2D eigenvalue weighted by Crippen LogP contribution is 2.48. The number of rotatable bonds is 7. The molecule has 10 aromatic carbocycles. The van der Waals surface area contributed by atoms with Crippen molar-refractivity contribution >= 4 is 60.3 Å². The fourth-order valence-electron chi connectivity index (χ4n) is 9.08. The third kappa shape index (κ3) is 5.50. The van der Waals surface area contributed by atoms with Gasteiger partial charge in [-0.2, -0.15) is 0 Å². The lowest BCUT2D eigenvalue weighted by Crippen LogP contribution is -2.11. The molecule has 11 rings (SSSR count). The molecule has 1 aromatic heterocycles. The monoisotopic (exact) mass is 738 g/mol. The van der Waals surface area contributed by atoms with Gasteiger partial charge in [0.05, 0.1) is 22.6 Å². The molecule has 0 aliphatic rings. The first-order valence-corrected chi connectivity index (χ1v) is 19.9. The predicted molar refractivity (Wildman–Crippen MR) is 247 cm³/mol. The maximum Gasteiger partial charge on any atom is 0.0620 e. The van der Waals surface area contributed by atoms with E-state index in [0.717, 1.165) is 22.7 Å². The van der Waals surface area contributed by atoms with Crippen molar-refractivity contribution in [2.24, 2.45) is 0 Å². The van der Waals surface area contributed by atoms with E-state index in [1.54, 1.807) is 0 Å². The zero-order valence-electron chi connectivity index (χ0n) is 31.8. The third-order valence-electron chi connectivity index (χ3n) is 11.6. The molecule has 0 aliphatic heterocycles. The standard InChI is InChI=1S/C56H38N2/c1-5-20-40(21-6-1)54-51-38-37-48-46(31-17-34-50(48)56(51)58(43-27-11-4-12-28-43)55(54)41-22-7-2-8-23-41)45-30-16-33-49-47(45)32-18-36-53(49)57(42-25-9-3-10-26-42)52-35-15-24-39-19-13-14-29-44(39)52/h1-38H. The Hall–Kier alpha value is -7.68. The zero-order valence-corrected chi connectivity index (χ0v) is 31.8. The normalized spacial score (nSPS) is 11.4. The first-order valence-electron chi connectivity index (χ1n) is 19.9. The number of fused-ring (bicyclic) bond motifs is 5. The van der Waals surface area contributed by atoms with Crippen LogP contribution in [0.1, 0.15) is 0 Å². The Kier molecular flexibility index (Phi) is 8.19. The van der Waals surface area contributed by atoms with Crippen LogP contribution in [0.2, 0.25) is 0 Å². The van der Waals surface area contributed by atoms with Gasteiger partial charge in [-0.1, -0.05) is 194 Å². The molecule has 0 unspecified atom stereocenters. The molecular weight excluding hydrogens is 701 g/mol. The van der Waals surface area contributed by atoms with Gasteiger partial charge in [0.25, 0.3) is 0 Å². The molecule has 0 radical (unpaired) electrons. The summed E-state index contributed by atoms with van der Waals surface area (Å²) in [6.07, 6.45) is 0. The van der Waals surface area contributed by atoms with Crippen LogP contribution in [0.4, 0.5) is 17.1 Å². The van der Waals surface area contributed by atoms with Crippen molar-refractivity contribution in [1.29, 1.82) is 0 Å². The second-order valence-electron chi connectivity index (χ2n) is 14.8. The minimum absolute atomic E-state index is 1.12. The Morgan fingerprint density at radius 2 is 0.793 bits per heavy atom. The first-order chi connectivity index (χ1) is 28.8. The summed E-state index contributed by atoms with van der Waals surface area (Å²) >= 11 is 0. The number of nitrogens with zero attached hydrogens (tertiary/aromatic N) is 2. The average molecular weight is 739 g/mol. The van der Waals surface area contributed by atoms with E-state index >= 15 is 0 Å². The van der Waals surface area contributed by atoms with Crippen LogP contribution < -0.4 is 4.90 Å². The van der Waals surface area contributed by atoms with Gasteiger partial charge in [-0.25, -0.2) is 0 Å². The molecule has 1 heterocycles. The third-order valence-corrected chi connectivity index (χ3v) is 11.6. The molecule has 11 aromatic rings. The number of hydrogen-bond acceptors (Lipinski definition) is 1. The SMILES string of the molecule is c1ccc(-c2c(-c3ccccc3)n(-c3ccccc3)c3c2ccc2c(-c4cccc5c(N(c6ccccc6)c6cccc7ccccc67)cccc45)cccc23)cc1. The van der Waals surface area contributed by atoms with Crippen LogP contribution in [0.5, 0.6) is 0 Å². The molecule has 2 heteroatoms. The van der Waals surface area contributed by atoms with Crippen LogP contribution in [-0.2, 0) is 0 Å². The van der Waals surface area contributed by atoms with Crippen LogP contribution in [-0.4, -0.2) is 4.57 Å². The topological polar surface area (TPSA) is 8.17 Å². The summed E-state index contributed by atoms with van der Waals surface area (Å²) in [4.78, 5) is 2.42. The van der Waals surface area contributed by atoms with Gasteiger partial charge in [0, 0.05) is 38.5 Å². The van der Waals surface area contributed by atoms with Gasteiger partial charge in [0.15, 0.2) is 0 Å². The summed E-state index contributed by atoms with van der Waals surface area (Å²) in [5, 5.41) is 8.50. The summed E-state index contributed by atoms with van der Waals surface area (Å²) in [5.41, 5.74) is 13.0. The minimum atomic E-state index is 1.12. The Morgan fingerprint density at radius 1 is 0.310 bits per heavy atom. The summed E-state index contributed by atoms with van der Waals surface area (Å²) in [6, 6.07) is 83.6. The highest BCUT2D eigenvalue weighted by Gasteiger charge is 2.24. The Labute approximate surface area is 338 Å². The van der Waals surface area contributed by atoms with Crippen molar-refractivity contribution in [2.75, 3.05) is 4.90 Å². The van der Waals surface area contributed by atoms with Crippen LogP contribution >= 0.6 is 0 Å². The zero-order chi connectivity index (χ0) is 38.4. The Balaban J connectivity index is 1.19. The molecule has 0 amide bonds. The Morgan fingerprint density at radius 3 is 1.52 bits per heavy atom. The summed E-state index contributed by atoms with van der Waals surface area (Å²) < 4.78 is 2.49. The summed E-state index contributed by atoms with van der Waals surface area (Å²) in [7, 11) is 0. The molecule has 0 saturated heterocycles. The van der Waals surface area contributed by atoms with Gasteiger partial charge in [0.1, 0.15) is 0 Å². The lowest BCUT2D eigenvalue weighted by atomic mass is 9.91. The Bertz CT molecular complexity index is 3250. The predicted octanol–water partition coefficient (Wildman–Crippen LogP) is 15.6. The van der Waals surface area contributed by atoms with E-state index in [2.05, 4.69) is 240 Å². The smallest absolute Gasteiger partial charge is 0.0620 e. The lowest BCUT2D eigenvalue weighted by molar-refractivity contribution is 1.14. The highest BCUT2D eigenvalue weighted by molar-refractivity contribution is 6.20. The van der Waals surface area contributed by atoms with E-state index in [-0.39, 0.29) is 0 Å². The van der Waals surface area contributed by atoms with Crippen molar-refractivity contribution < 1.29 is 0 Å². The lowest BCUT2D eigenvalue weighted by Gasteiger charge is -2.28. The van der Waals surface area contributed by atoms with Gasteiger partial charge in [-0.3, -0.25) is 0 Å². The van der Waals surface area contributed by atoms with E-state index in [9.17, 15) is 0 Å². The van der Waals surface area contributed by atoms with Crippen molar-refractivity contribution in [3.8, 4) is 39.2 Å². The number of anilines is 3. The molecule has 0 N–H and O–H groups in total. The summed E-state index contributed by atoms with van der Waals surface area (Å²) in [5.74, 6) is 0. The molecule has 58 heavy (non-hydrogen) atoms. The van der Waals surface area contributed by atoms with E-state index < -0.39 is 0 Å². The van der Waals surface area contributed by atoms with Crippen LogP contribution in [0.25, 0.3) is 82.4 Å². The molecule has 0 atom stereocenters.